The second-order valence-electron chi connectivity index (χ2n) is 18.3. The lowest BCUT2D eigenvalue weighted by atomic mass is 9.50. The van der Waals surface area contributed by atoms with Crippen LogP contribution in [0.25, 0.3) is 53.6 Å². The number of thiazole rings is 2. The average Bonchev–Trinajstić information content (AvgIpc) is 4.25. The molecule has 364 valence electrons. The number of ether oxygens (including phenoxy) is 1. The molecular formula is C60H46B2N6O4S3. The zero-order valence-electron chi connectivity index (χ0n) is 40.8. The van der Waals surface area contributed by atoms with Gasteiger partial charge in [0, 0.05) is 34.1 Å². The molecule has 7 aromatic carbocycles. The van der Waals surface area contributed by atoms with Crippen LogP contribution in [-0.2, 0) is 16.5 Å². The smallest absolute Gasteiger partial charge is 0.328 e. The second kappa shape index (κ2) is 21.3. The molecule has 0 spiro atoms. The summed E-state index contributed by atoms with van der Waals surface area (Å²) < 4.78 is 44.6. The van der Waals surface area contributed by atoms with E-state index in [2.05, 4.69) is 107 Å². The molecule has 0 unspecified atom stereocenters. The molecule has 0 bridgehead atoms. The molecule has 10 nitrogen and oxygen atoms in total. The van der Waals surface area contributed by atoms with Crippen LogP contribution in [0, 0.1) is 29.6 Å². The van der Waals surface area contributed by atoms with Crippen LogP contribution >= 0.6 is 22.7 Å². The maximum Gasteiger partial charge on any atom is 0.328 e. The molecule has 0 amide bonds. The molecule has 75 heavy (non-hydrogen) atoms. The summed E-state index contributed by atoms with van der Waals surface area (Å²) in [6.45, 7) is 1.91. The first-order chi connectivity index (χ1) is 36.7. The van der Waals surface area contributed by atoms with Crippen molar-refractivity contribution in [3.63, 3.8) is 0 Å². The van der Waals surface area contributed by atoms with Gasteiger partial charge in [0.2, 0.25) is 0 Å². The highest BCUT2D eigenvalue weighted by atomic mass is 32.2. The molecule has 15 heteroatoms. The number of hydrogen-bond donors (Lipinski definition) is 1. The van der Waals surface area contributed by atoms with Crippen LogP contribution in [0.4, 0.5) is 0 Å². The molecule has 4 aromatic heterocycles. The van der Waals surface area contributed by atoms with Crippen molar-refractivity contribution in [2.45, 2.75) is 26.2 Å². The Morgan fingerprint density at radius 2 is 1.19 bits per heavy atom. The fourth-order valence-corrected chi connectivity index (χ4v) is 12.6. The third-order valence-corrected chi connectivity index (χ3v) is 16.4. The predicted octanol–water partition coefficient (Wildman–Crippen LogP) is 8.90. The topological polar surface area (TPSA) is 147 Å². The van der Waals surface area contributed by atoms with Gasteiger partial charge in [0.25, 0.3) is 17.5 Å². The molecule has 0 atom stereocenters. The number of nitrogens with zero attached hydrogens (tertiary/aromatic N) is 6. The minimum absolute atomic E-state index is 0.271. The zero-order chi connectivity index (χ0) is 51.5. The highest BCUT2D eigenvalue weighted by Crippen LogP contribution is 2.36. The van der Waals surface area contributed by atoms with Gasteiger partial charge in [-0.1, -0.05) is 168 Å². The summed E-state index contributed by atoms with van der Waals surface area (Å²) in [5.41, 5.74) is 10.1. The van der Waals surface area contributed by atoms with Gasteiger partial charge in [0.1, 0.15) is 39.0 Å². The maximum atomic E-state index is 12.0. The molecule has 0 aliphatic heterocycles. The average molecular weight is 1030 g/mol. The van der Waals surface area contributed by atoms with Gasteiger partial charge in [-0.05, 0) is 67.3 Å². The van der Waals surface area contributed by atoms with Crippen molar-refractivity contribution in [1.82, 2.24) is 18.9 Å². The summed E-state index contributed by atoms with van der Waals surface area (Å²) in [6, 6.07) is 68.7. The molecule has 11 rings (SSSR count). The lowest BCUT2D eigenvalue weighted by Gasteiger charge is -2.23. The molecular weight excluding hydrogens is 987 g/mol. The summed E-state index contributed by atoms with van der Waals surface area (Å²) in [4.78, 5) is 10.4. The number of para-hydroxylation sites is 2. The van der Waals surface area contributed by atoms with Crippen molar-refractivity contribution in [3.8, 4) is 29.1 Å². The Morgan fingerprint density at radius 3 is 1.75 bits per heavy atom. The minimum Gasteiger partial charge on any atom is -0.494 e. The van der Waals surface area contributed by atoms with Crippen LogP contribution in [-0.4, -0.2) is 58.5 Å². The van der Waals surface area contributed by atoms with E-state index in [1.54, 1.807) is 0 Å². The van der Waals surface area contributed by atoms with E-state index < -0.39 is 17.0 Å². The zero-order valence-corrected chi connectivity index (χ0v) is 43.2. The Kier molecular flexibility index (Phi) is 13.9. The molecule has 0 saturated heterocycles. The molecule has 11 aromatic rings. The fraction of sp³-hybridized carbons (Fsp3) is 0.100. The highest BCUT2D eigenvalue weighted by molar-refractivity contribution is 7.85. The van der Waals surface area contributed by atoms with E-state index in [1.165, 1.54) is 22.7 Å². The second-order valence-corrected chi connectivity index (χ2v) is 22.0. The fourth-order valence-electron chi connectivity index (χ4n) is 10.1. The van der Waals surface area contributed by atoms with Crippen molar-refractivity contribution in [2.75, 3.05) is 12.4 Å². The Hall–Kier alpha value is -8.30. The Bertz CT molecular complexity index is 4130. The lowest BCUT2D eigenvalue weighted by Crippen LogP contribution is -2.53. The van der Waals surface area contributed by atoms with Crippen LogP contribution in [0.3, 0.4) is 0 Å². The SMILES string of the molecule is Cc1ccccc1-c1c2/c(=C(\C#N)c3nc4ccccc4s3)n(Bc3ccccc3)c(Cc3ccc(OCCCCS(=O)(=O)O)cc3)c2/c(=C(\C#N)c2nc3ccccc3s2)n1B(c1ccccc1)c1ccccc1. The molecule has 0 aliphatic rings. The summed E-state index contributed by atoms with van der Waals surface area (Å²) in [5, 5.41) is 28.1. The molecule has 0 saturated carbocycles. The maximum absolute atomic E-state index is 12.0. The van der Waals surface area contributed by atoms with E-state index in [4.69, 9.17) is 14.7 Å². The monoisotopic (exact) mass is 1030 g/mol. The number of rotatable bonds is 16. The van der Waals surface area contributed by atoms with Gasteiger partial charge in [0.15, 0.2) is 0 Å². The number of nitriles is 2. The van der Waals surface area contributed by atoms with Gasteiger partial charge in [-0.15, -0.1) is 22.7 Å². The minimum atomic E-state index is -4.06. The molecule has 0 radical (unpaired) electrons. The first kappa shape index (κ1) is 48.9. The van der Waals surface area contributed by atoms with Gasteiger partial charge in [-0.3, -0.25) is 4.55 Å². The van der Waals surface area contributed by atoms with Gasteiger partial charge in [-0.25, -0.2) is 9.97 Å². The molecule has 0 aliphatic carbocycles. The number of aromatic nitrogens is 4. The van der Waals surface area contributed by atoms with Crippen LogP contribution in [0.15, 0.2) is 188 Å². The van der Waals surface area contributed by atoms with E-state index >= 15 is 0 Å². The Balaban J connectivity index is 1.33. The normalized spacial score (nSPS) is 12.4. The van der Waals surface area contributed by atoms with Gasteiger partial charge in [0.05, 0.1) is 43.5 Å². The highest BCUT2D eigenvalue weighted by Gasteiger charge is 2.35. The van der Waals surface area contributed by atoms with Crippen LogP contribution < -0.4 is 31.8 Å². The molecule has 0 fully saturated rings. The third-order valence-electron chi connectivity index (χ3n) is 13.5. The largest absolute Gasteiger partial charge is 0.494 e. The van der Waals surface area contributed by atoms with Crippen molar-refractivity contribution in [1.29, 1.82) is 10.5 Å². The van der Waals surface area contributed by atoms with E-state index in [0.29, 0.717) is 57.9 Å². The van der Waals surface area contributed by atoms with Gasteiger partial charge >= 0.3 is 6.85 Å². The van der Waals surface area contributed by atoms with Gasteiger partial charge < -0.3 is 13.7 Å². The summed E-state index contributed by atoms with van der Waals surface area (Å²) in [6.07, 6.45) is 1.09. The summed E-state index contributed by atoms with van der Waals surface area (Å²) in [7, 11) is -3.67. The van der Waals surface area contributed by atoms with Crippen molar-refractivity contribution >= 4 is 106 Å². The van der Waals surface area contributed by atoms with Crippen molar-refractivity contribution < 1.29 is 17.7 Å². The Morgan fingerprint density at radius 1 is 0.653 bits per heavy atom. The molecule has 4 heterocycles. The number of fused-ring (bicyclic) bond motifs is 3. The number of hydrogen-bond acceptors (Lipinski definition) is 9. The predicted molar refractivity (Wildman–Crippen MR) is 307 cm³/mol. The summed E-state index contributed by atoms with van der Waals surface area (Å²) >= 11 is 2.97. The van der Waals surface area contributed by atoms with E-state index in [9.17, 15) is 23.5 Å². The van der Waals surface area contributed by atoms with E-state index in [0.717, 1.165) is 75.7 Å². The van der Waals surface area contributed by atoms with Crippen LogP contribution in [0.5, 0.6) is 5.75 Å². The van der Waals surface area contributed by atoms with Crippen molar-refractivity contribution in [3.05, 3.63) is 226 Å². The lowest BCUT2D eigenvalue weighted by molar-refractivity contribution is 0.309. The summed E-state index contributed by atoms with van der Waals surface area (Å²) in [5.74, 6) is 0.291. The van der Waals surface area contributed by atoms with E-state index in [1.807, 2.05) is 109 Å². The quantitative estimate of drug-likeness (QED) is 0.0574. The standard InChI is InChI=1S/C60H46B2N6O4S3/c1-40-19-11-12-26-46(40)57-55-54(58(48(39-64)60-66-50-28-14-16-30-53(50)74-60)68(57)62(43-22-7-3-8-23-43)44-24-9-4-10-25-44)51(37-41-31-33-45(34-32-41)72-35-17-18-36-75(69,70)71)67(61-42-20-5-2-6-21-42)56(55)47(38-63)59-65-49-27-13-15-29-52(49)73-59/h2-16,19-34,61H,17-18,35-37H2,1H3,(H,69,70,71)/b56-47-,58-48-. The number of aryl methyl sites for hydroxylation is 1. The van der Waals surface area contributed by atoms with Crippen molar-refractivity contribution in [2.24, 2.45) is 0 Å². The van der Waals surface area contributed by atoms with Crippen LogP contribution in [0.1, 0.15) is 39.7 Å². The third kappa shape index (κ3) is 9.95. The van der Waals surface area contributed by atoms with E-state index in [-0.39, 0.29) is 18.8 Å². The number of unbranched alkanes of at least 4 members (excludes halogenated alkanes) is 1. The van der Waals surface area contributed by atoms with Crippen LogP contribution in [0.2, 0.25) is 0 Å². The van der Waals surface area contributed by atoms with Gasteiger partial charge in [-0.2, -0.15) is 18.9 Å². The Labute approximate surface area is 443 Å². The first-order valence-corrected chi connectivity index (χ1v) is 27.8. The first-order valence-electron chi connectivity index (χ1n) is 24.6. The number of benzene rings is 7. The molecule has 1 N–H and O–H groups in total.